The number of carbonyl (C=O) groups is 2. The van der Waals surface area contributed by atoms with Crippen LogP contribution in [0.15, 0.2) is 12.1 Å². The van der Waals surface area contributed by atoms with Gasteiger partial charge in [0.1, 0.15) is 5.82 Å². The van der Waals surface area contributed by atoms with Crippen LogP contribution in [-0.2, 0) is 14.3 Å². The normalized spacial score (nSPS) is 17.2. The van der Waals surface area contributed by atoms with Gasteiger partial charge in [-0.1, -0.05) is 13.8 Å². The van der Waals surface area contributed by atoms with Gasteiger partial charge in [-0.2, -0.15) is 0 Å². The number of carbonyl (C=O) groups excluding carboxylic acids is 2. The number of nitrogens with two attached hydrogens (primary N) is 1. The van der Waals surface area contributed by atoms with Crippen LogP contribution in [0.3, 0.4) is 0 Å². The summed E-state index contributed by atoms with van der Waals surface area (Å²) in [6.07, 6.45) is -0.500. The van der Waals surface area contributed by atoms with Crippen LogP contribution in [0, 0.1) is 5.92 Å². The number of ether oxygens (including phenoxy) is 2. The molecule has 1 aromatic heterocycles. The second kappa shape index (κ2) is 6.64. The molecule has 1 atom stereocenters. The number of rotatable bonds is 5. The van der Waals surface area contributed by atoms with E-state index in [9.17, 15) is 9.59 Å². The van der Waals surface area contributed by atoms with Crippen molar-refractivity contribution in [2.45, 2.75) is 33.3 Å². The highest BCUT2D eigenvalue weighted by molar-refractivity contribution is 5.99. The molecule has 7 nitrogen and oxygen atoms in total. The zero-order valence-corrected chi connectivity index (χ0v) is 13.0. The van der Waals surface area contributed by atoms with Crippen LogP contribution in [0.4, 0.5) is 11.6 Å². The van der Waals surface area contributed by atoms with Crippen molar-refractivity contribution in [3.05, 3.63) is 12.1 Å². The predicted octanol–water partition coefficient (Wildman–Crippen LogP) is 1.37. The summed E-state index contributed by atoms with van der Waals surface area (Å²) in [6.45, 7) is 6.05. The Balaban J connectivity index is 2.26. The fourth-order valence-corrected chi connectivity index (χ4v) is 2.25. The molecule has 1 aromatic rings. The fraction of sp³-hybridized carbons (Fsp3) is 0.533. The molecule has 1 aliphatic rings. The Labute approximate surface area is 129 Å². The molecule has 2 rings (SSSR count). The molecule has 1 aliphatic heterocycles. The zero-order valence-electron chi connectivity index (χ0n) is 13.0. The van der Waals surface area contributed by atoms with Crippen LogP contribution in [0.25, 0.3) is 0 Å². The second-order valence-corrected chi connectivity index (χ2v) is 5.39. The lowest BCUT2D eigenvalue weighted by atomic mass is 10.0. The van der Waals surface area contributed by atoms with Crippen molar-refractivity contribution < 1.29 is 19.1 Å². The first-order chi connectivity index (χ1) is 10.4. The van der Waals surface area contributed by atoms with Gasteiger partial charge < -0.3 is 15.2 Å². The van der Waals surface area contributed by atoms with Crippen LogP contribution in [0.1, 0.15) is 27.2 Å². The highest BCUT2D eigenvalue weighted by Crippen LogP contribution is 2.34. The summed E-state index contributed by atoms with van der Waals surface area (Å²) in [5, 5.41) is 0. The maximum absolute atomic E-state index is 12.6. The second-order valence-electron chi connectivity index (χ2n) is 5.39. The average molecular weight is 307 g/mol. The highest BCUT2D eigenvalue weighted by Gasteiger charge is 2.37. The number of hydrogen-bond acceptors (Lipinski definition) is 6. The van der Waals surface area contributed by atoms with E-state index in [0.717, 1.165) is 0 Å². The summed E-state index contributed by atoms with van der Waals surface area (Å²) in [5.74, 6) is 0.573. The van der Waals surface area contributed by atoms with E-state index in [1.54, 1.807) is 19.1 Å². The summed E-state index contributed by atoms with van der Waals surface area (Å²) in [4.78, 5) is 29.8. The van der Waals surface area contributed by atoms with Gasteiger partial charge in [0.2, 0.25) is 0 Å². The lowest BCUT2D eigenvalue weighted by Gasteiger charge is -2.34. The van der Waals surface area contributed by atoms with Crippen molar-refractivity contribution in [2.75, 3.05) is 23.8 Å². The molecule has 0 saturated heterocycles. The van der Waals surface area contributed by atoms with E-state index in [1.165, 1.54) is 4.90 Å². The molecule has 0 radical (unpaired) electrons. The summed E-state index contributed by atoms with van der Waals surface area (Å²) in [6, 6.07) is 3.31. The summed E-state index contributed by atoms with van der Waals surface area (Å²) < 4.78 is 10.6. The van der Waals surface area contributed by atoms with E-state index in [1.807, 2.05) is 13.8 Å². The minimum absolute atomic E-state index is 0.00305. The number of nitrogens with zero attached hydrogens (tertiary/aromatic N) is 2. The standard InChI is InChI=1S/C15H21N3O4/c1-4-21-12(19)7-8-18-14-10(5-6-11(16)17-14)22-13(9(2)3)15(18)20/h5-6,9,13H,4,7-8H2,1-3H3,(H2,16,17). The topological polar surface area (TPSA) is 94.8 Å². The van der Waals surface area contributed by atoms with Crippen molar-refractivity contribution in [3.63, 3.8) is 0 Å². The Morgan fingerprint density at radius 2 is 2.23 bits per heavy atom. The molecule has 0 bridgehead atoms. The summed E-state index contributed by atoms with van der Waals surface area (Å²) in [7, 11) is 0. The van der Waals surface area contributed by atoms with Gasteiger partial charge in [-0.25, -0.2) is 4.98 Å². The monoisotopic (exact) mass is 307 g/mol. The summed E-state index contributed by atoms with van der Waals surface area (Å²) in [5.41, 5.74) is 5.69. The maximum Gasteiger partial charge on any atom is 0.307 e. The van der Waals surface area contributed by atoms with Gasteiger partial charge in [-0.3, -0.25) is 14.5 Å². The molecule has 22 heavy (non-hydrogen) atoms. The van der Waals surface area contributed by atoms with Crippen molar-refractivity contribution >= 4 is 23.5 Å². The van der Waals surface area contributed by atoms with Crippen molar-refractivity contribution in [1.82, 2.24) is 4.98 Å². The molecule has 2 N–H and O–H groups in total. The number of aromatic nitrogens is 1. The maximum atomic E-state index is 12.6. The Bertz CT molecular complexity index is 574. The fourth-order valence-electron chi connectivity index (χ4n) is 2.25. The predicted molar refractivity (Wildman–Crippen MR) is 81.5 cm³/mol. The van der Waals surface area contributed by atoms with E-state index in [-0.39, 0.29) is 30.8 Å². The Kier molecular flexibility index (Phi) is 4.85. The van der Waals surface area contributed by atoms with Crippen LogP contribution in [0.2, 0.25) is 0 Å². The quantitative estimate of drug-likeness (QED) is 0.825. The average Bonchev–Trinajstić information content (AvgIpc) is 2.46. The van der Waals surface area contributed by atoms with E-state index < -0.39 is 6.10 Å². The molecular formula is C15H21N3O4. The van der Waals surface area contributed by atoms with Crippen molar-refractivity contribution in [1.29, 1.82) is 0 Å². The Morgan fingerprint density at radius 3 is 2.86 bits per heavy atom. The van der Waals surface area contributed by atoms with Crippen LogP contribution in [-0.4, -0.2) is 36.1 Å². The van der Waals surface area contributed by atoms with Gasteiger partial charge in [0.15, 0.2) is 17.7 Å². The molecule has 0 saturated carbocycles. The van der Waals surface area contributed by atoms with E-state index in [0.29, 0.717) is 24.0 Å². The third-order valence-electron chi connectivity index (χ3n) is 3.33. The molecule has 0 spiro atoms. The number of anilines is 2. The molecule has 1 amide bonds. The number of nitrogen functional groups attached to an aromatic ring is 1. The van der Waals surface area contributed by atoms with Gasteiger partial charge in [-0.15, -0.1) is 0 Å². The molecule has 0 aliphatic carbocycles. The lowest BCUT2D eigenvalue weighted by Crippen LogP contribution is -2.49. The van der Waals surface area contributed by atoms with Gasteiger partial charge in [0.25, 0.3) is 5.91 Å². The van der Waals surface area contributed by atoms with Gasteiger partial charge >= 0.3 is 5.97 Å². The Morgan fingerprint density at radius 1 is 1.50 bits per heavy atom. The number of amides is 1. The summed E-state index contributed by atoms with van der Waals surface area (Å²) >= 11 is 0. The first-order valence-electron chi connectivity index (χ1n) is 7.34. The molecule has 7 heteroatoms. The first kappa shape index (κ1) is 16.1. The SMILES string of the molecule is CCOC(=O)CCN1C(=O)C(C(C)C)Oc2ccc(N)nc21. The molecule has 0 aromatic carbocycles. The van der Waals surface area contributed by atoms with Gasteiger partial charge in [-0.05, 0) is 25.0 Å². The molecule has 120 valence electrons. The molecule has 0 fully saturated rings. The van der Waals surface area contributed by atoms with Crippen molar-refractivity contribution in [2.24, 2.45) is 5.92 Å². The largest absolute Gasteiger partial charge is 0.476 e. The number of hydrogen-bond donors (Lipinski definition) is 1. The Hall–Kier alpha value is -2.31. The lowest BCUT2D eigenvalue weighted by molar-refractivity contribution is -0.142. The zero-order chi connectivity index (χ0) is 16.3. The number of esters is 1. The smallest absolute Gasteiger partial charge is 0.307 e. The highest BCUT2D eigenvalue weighted by atomic mass is 16.5. The minimum atomic E-state index is -0.597. The van der Waals surface area contributed by atoms with Crippen molar-refractivity contribution in [3.8, 4) is 5.75 Å². The van der Waals surface area contributed by atoms with E-state index >= 15 is 0 Å². The third-order valence-corrected chi connectivity index (χ3v) is 3.33. The molecular weight excluding hydrogens is 286 g/mol. The molecule has 2 heterocycles. The first-order valence-corrected chi connectivity index (χ1v) is 7.34. The molecule has 1 unspecified atom stereocenters. The van der Waals surface area contributed by atoms with Gasteiger partial charge in [0.05, 0.1) is 13.0 Å². The van der Waals surface area contributed by atoms with Crippen LogP contribution < -0.4 is 15.4 Å². The van der Waals surface area contributed by atoms with E-state index in [4.69, 9.17) is 15.2 Å². The third kappa shape index (κ3) is 3.29. The van der Waals surface area contributed by atoms with Crippen LogP contribution in [0.5, 0.6) is 5.75 Å². The number of pyridine rings is 1. The van der Waals surface area contributed by atoms with Gasteiger partial charge in [0, 0.05) is 6.54 Å². The van der Waals surface area contributed by atoms with E-state index in [2.05, 4.69) is 4.98 Å². The van der Waals surface area contributed by atoms with Crippen LogP contribution >= 0.6 is 0 Å². The number of fused-ring (bicyclic) bond motifs is 1. The minimum Gasteiger partial charge on any atom is -0.476 e.